The van der Waals surface area contributed by atoms with Crippen molar-refractivity contribution in [3.8, 4) is 11.8 Å². The normalized spacial score (nSPS) is 11.4. The van der Waals surface area contributed by atoms with Crippen LogP contribution in [0.3, 0.4) is 0 Å². The molecular weight excluding hydrogens is 235 g/mol. The molecule has 1 rings (SSSR count). The monoisotopic (exact) mass is 250 g/mol. The van der Waals surface area contributed by atoms with Crippen molar-refractivity contribution in [2.75, 3.05) is 12.4 Å². The lowest BCUT2D eigenvalue weighted by atomic mass is 10.0. The van der Waals surface area contributed by atoms with Gasteiger partial charge in [0, 0.05) is 6.07 Å². The van der Waals surface area contributed by atoms with E-state index in [-0.39, 0.29) is 5.69 Å². The summed E-state index contributed by atoms with van der Waals surface area (Å²) >= 11 is 0. The highest BCUT2D eigenvalue weighted by molar-refractivity contribution is 5.94. The number of hydrogen-bond acceptors (Lipinski definition) is 3. The molecular formula is C13H15FN2O2. The highest BCUT2D eigenvalue weighted by atomic mass is 19.1. The number of halogens is 1. The summed E-state index contributed by atoms with van der Waals surface area (Å²) in [6, 6.07) is 5.95. The van der Waals surface area contributed by atoms with Crippen LogP contribution in [0.4, 0.5) is 10.1 Å². The van der Waals surface area contributed by atoms with Crippen LogP contribution < -0.4 is 10.1 Å². The molecule has 1 N–H and O–H groups in total. The number of methoxy groups -OCH3 is 1. The van der Waals surface area contributed by atoms with Crippen LogP contribution in [-0.2, 0) is 4.79 Å². The molecule has 0 saturated heterocycles. The average Bonchev–Trinajstić information content (AvgIpc) is 2.38. The van der Waals surface area contributed by atoms with Crippen LogP contribution in [0.2, 0.25) is 0 Å². The Labute approximate surface area is 105 Å². The van der Waals surface area contributed by atoms with Crippen LogP contribution in [0.5, 0.6) is 5.75 Å². The van der Waals surface area contributed by atoms with Crippen molar-refractivity contribution in [3.05, 3.63) is 24.0 Å². The molecule has 1 aromatic rings. The van der Waals surface area contributed by atoms with Gasteiger partial charge in [0.2, 0.25) is 5.91 Å². The molecule has 0 aromatic heterocycles. The summed E-state index contributed by atoms with van der Waals surface area (Å²) in [5.41, 5.74) is 0.0238. The van der Waals surface area contributed by atoms with Crippen molar-refractivity contribution >= 4 is 11.6 Å². The standard InChI is InChI=1S/C13H15FN2O2/c1-3-4-9(8-15)13(17)16-12-7-10(18-2)5-6-11(12)14/h5-7,9H,3-4H2,1-2H3,(H,16,17). The van der Waals surface area contributed by atoms with Crippen LogP contribution in [0.15, 0.2) is 18.2 Å². The summed E-state index contributed by atoms with van der Waals surface area (Å²) in [5, 5.41) is 11.3. The molecule has 1 aromatic carbocycles. The Hall–Kier alpha value is -2.09. The number of rotatable bonds is 5. The van der Waals surface area contributed by atoms with E-state index in [4.69, 9.17) is 10.00 Å². The number of benzene rings is 1. The molecule has 4 nitrogen and oxygen atoms in total. The molecule has 18 heavy (non-hydrogen) atoms. The molecule has 0 bridgehead atoms. The fourth-order valence-corrected chi connectivity index (χ4v) is 1.49. The van der Waals surface area contributed by atoms with Gasteiger partial charge < -0.3 is 10.1 Å². The lowest BCUT2D eigenvalue weighted by Crippen LogP contribution is -2.22. The molecule has 0 fully saturated rings. The summed E-state index contributed by atoms with van der Waals surface area (Å²) in [6.07, 6.45) is 1.17. The van der Waals surface area contributed by atoms with Gasteiger partial charge in [-0.15, -0.1) is 0 Å². The van der Waals surface area contributed by atoms with E-state index in [1.165, 1.54) is 25.3 Å². The predicted octanol–water partition coefficient (Wildman–Crippen LogP) is 2.71. The van der Waals surface area contributed by atoms with Crippen molar-refractivity contribution in [1.82, 2.24) is 0 Å². The van der Waals surface area contributed by atoms with E-state index >= 15 is 0 Å². The van der Waals surface area contributed by atoms with Crippen LogP contribution in [0, 0.1) is 23.1 Å². The maximum Gasteiger partial charge on any atom is 0.241 e. The quantitative estimate of drug-likeness (QED) is 0.873. The minimum Gasteiger partial charge on any atom is -0.497 e. The van der Waals surface area contributed by atoms with Gasteiger partial charge in [-0.3, -0.25) is 4.79 Å². The second-order valence-corrected chi connectivity index (χ2v) is 3.81. The number of nitrogens with one attached hydrogen (secondary N) is 1. The molecule has 1 amide bonds. The van der Waals surface area contributed by atoms with Crippen molar-refractivity contribution in [2.24, 2.45) is 5.92 Å². The zero-order valence-electron chi connectivity index (χ0n) is 10.4. The number of carbonyl (C=O) groups excluding carboxylic acids is 1. The van der Waals surface area contributed by atoms with Gasteiger partial charge in [0.15, 0.2) is 0 Å². The van der Waals surface area contributed by atoms with Crippen LogP contribution in [0.25, 0.3) is 0 Å². The molecule has 0 aliphatic heterocycles. The zero-order chi connectivity index (χ0) is 13.5. The van der Waals surface area contributed by atoms with E-state index in [0.29, 0.717) is 18.6 Å². The van der Waals surface area contributed by atoms with E-state index in [2.05, 4.69) is 5.32 Å². The molecule has 1 unspecified atom stereocenters. The molecule has 1 atom stereocenters. The minimum absolute atomic E-state index is 0.0238. The van der Waals surface area contributed by atoms with Crippen LogP contribution in [0.1, 0.15) is 19.8 Å². The Morgan fingerprint density at radius 2 is 2.33 bits per heavy atom. The first-order valence-electron chi connectivity index (χ1n) is 5.66. The van der Waals surface area contributed by atoms with Gasteiger partial charge in [-0.2, -0.15) is 5.26 Å². The third kappa shape index (κ3) is 3.45. The van der Waals surface area contributed by atoms with Crippen molar-refractivity contribution < 1.29 is 13.9 Å². The third-order valence-electron chi connectivity index (χ3n) is 2.48. The first-order chi connectivity index (χ1) is 8.62. The fraction of sp³-hybridized carbons (Fsp3) is 0.385. The van der Waals surface area contributed by atoms with Crippen molar-refractivity contribution in [1.29, 1.82) is 5.26 Å². The van der Waals surface area contributed by atoms with Gasteiger partial charge in [-0.05, 0) is 18.6 Å². The Kier molecular flexibility index (Phi) is 5.12. The zero-order valence-corrected chi connectivity index (χ0v) is 10.4. The number of carbonyl (C=O) groups is 1. The topological polar surface area (TPSA) is 62.1 Å². The molecule has 0 spiro atoms. The fourth-order valence-electron chi connectivity index (χ4n) is 1.49. The lowest BCUT2D eigenvalue weighted by Gasteiger charge is -2.11. The highest BCUT2D eigenvalue weighted by Gasteiger charge is 2.18. The lowest BCUT2D eigenvalue weighted by molar-refractivity contribution is -0.118. The summed E-state index contributed by atoms with van der Waals surface area (Å²) in [5.74, 6) is -1.37. The smallest absolute Gasteiger partial charge is 0.241 e. The molecule has 0 radical (unpaired) electrons. The van der Waals surface area contributed by atoms with E-state index in [1.807, 2.05) is 13.0 Å². The Morgan fingerprint density at radius 3 is 2.89 bits per heavy atom. The number of hydrogen-bond donors (Lipinski definition) is 1. The number of nitriles is 1. The average molecular weight is 250 g/mol. The first-order valence-corrected chi connectivity index (χ1v) is 5.66. The van der Waals surface area contributed by atoms with Gasteiger partial charge >= 0.3 is 0 Å². The molecule has 5 heteroatoms. The van der Waals surface area contributed by atoms with Crippen LogP contribution >= 0.6 is 0 Å². The van der Waals surface area contributed by atoms with E-state index in [9.17, 15) is 9.18 Å². The van der Waals surface area contributed by atoms with Gasteiger partial charge in [-0.25, -0.2) is 4.39 Å². The molecule has 0 saturated carbocycles. The summed E-state index contributed by atoms with van der Waals surface area (Å²) in [7, 11) is 1.45. The van der Waals surface area contributed by atoms with E-state index in [0.717, 1.165) is 0 Å². The Bertz CT molecular complexity index is 469. The summed E-state index contributed by atoms with van der Waals surface area (Å²) in [4.78, 5) is 11.7. The summed E-state index contributed by atoms with van der Waals surface area (Å²) in [6.45, 7) is 1.88. The summed E-state index contributed by atoms with van der Waals surface area (Å²) < 4.78 is 18.4. The molecule has 0 heterocycles. The maximum absolute atomic E-state index is 13.5. The number of ether oxygens (including phenoxy) is 1. The second-order valence-electron chi connectivity index (χ2n) is 3.81. The van der Waals surface area contributed by atoms with E-state index in [1.54, 1.807) is 0 Å². The maximum atomic E-state index is 13.5. The Balaban J connectivity index is 2.84. The van der Waals surface area contributed by atoms with Crippen molar-refractivity contribution in [3.63, 3.8) is 0 Å². The minimum atomic E-state index is -0.763. The molecule has 0 aliphatic rings. The molecule has 96 valence electrons. The number of amides is 1. The van der Waals surface area contributed by atoms with Gasteiger partial charge in [-0.1, -0.05) is 13.3 Å². The first kappa shape index (κ1) is 14.0. The van der Waals surface area contributed by atoms with Gasteiger partial charge in [0.05, 0.1) is 18.9 Å². The third-order valence-corrected chi connectivity index (χ3v) is 2.48. The van der Waals surface area contributed by atoms with E-state index < -0.39 is 17.6 Å². The SMILES string of the molecule is CCCC(C#N)C(=O)Nc1cc(OC)ccc1F. The van der Waals surface area contributed by atoms with Crippen LogP contribution in [-0.4, -0.2) is 13.0 Å². The molecule has 0 aliphatic carbocycles. The second kappa shape index (κ2) is 6.60. The highest BCUT2D eigenvalue weighted by Crippen LogP contribution is 2.22. The Morgan fingerprint density at radius 1 is 1.61 bits per heavy atom. The van der Waals surface area contributed by atoms with Crippen molar-refractivity contribution in [2.45, 2.75) is 19.8 Å². The number of anilines is 1. The largest absolute Gasteiger partial charge is 0.497 e. The predicted molar refractivity (Wildman–Crippen MR) is 65.6 cm³/mol. The number of nitrogens with zero attached hydrogens (tertiary/aromatic N) is 1. The van der Waals surface area contributed by atoms with Gasteiger partial charge in [0.1, 0.15) is 17.5 Å². The van der Waals surface area contributed by atoms with Gasteiger partial charge in [0.25, 0.3) is 0 Å².